The van der Waals surface area contributed by atoms with Crippen molar-refractivity contribution in [2.24, 2.45) is 0 Å². The molecule has 2 atom stereocenters. The number of hydrogen-bond donors (Lipinski definition) is 0. The summed E-state index contributed by atoms with van der Waals surface area (Å²) in [5, 5.41) is 4.05. The summed E-state index contributed by atoms with van der Waals surface area (Å²) < 4.78 is 16.7. The Balaban J connectivity index is 1.69. The van der Waals surface area contributed by atoms with Gasteiger partial charge in [0.1, 0.15) is 11.4 Å². The zero-order valence-electron chi connectivity index (χ0n) is 11.0. The van der Waals surface area contributed by atoms with Gasteiger partial charge in [-0.15, -0.1) is 0 Å². The molecule has 0 unspecified atom stereocenters. The minimum atomic E-state index is -0.0898. The summed E-state index contributed by atoms with van der Waals surface area (Å²) >= 11 is 0. The van der Waals surface area contributed by atoms with Crippen LogP contribution in [0.15, 0.2) is 10.6 Å². The largest absolute Gasteiger partial charge is 0.377 e. The van der Waals surface area contributed by atoms with E-state index in [1.165, 1.54) is 0 Å². The van der Waals surface area contributed by atoms with Crippen LogP contribution in [-0.4, -0.2) is 48.6 Å². The average Bonchev–Trinajstić information content (AvgIpc) is 3.03. The Morgan fingerprint density at radius 1 is 1.61 bits per heavy atom. The van der Waals surface area contributed by atoms with E-state index in [9.17, 15) is 0 Å². The minimum absolute atomic E-state index is 0.0898. The first kappa shape index (κ1) is 12.1. The molecule has 18 heavy (non-hydrogen) atoms. The number of rotatable bonds is 3. The number of ether oxygens (including phenoxy) is 2. The van der Waals surface area contributed by atoms with Crippen LogP contribution in [-0.2, 0) is 16.0 Å². The molecule has 2 saturated heterocycles. The molecule has 1 aromatic heterocycles. The van der Waals surface area contributed by atoms with E-state index in [0.717, 1.165) is 50.5 Å². The van der Waals surface area contributed by atoms with Crippen LogP contribution in [0.25, 0.3) is 0 Å². The first-order valence-electron chi connectivity index (χ1n) is 6.53. The Bertz CT molecular complexity index is 412. The van der Waals surface area contributed by atoms with Gasteiger partial charge in [0.25, 0.3) is 0 Å². The summed E-state index contributed by atoms with van der Waals surface area (Å²) in [5.74, 6) is 0.860. The highest BCUT2D eigenvalue weighted by Crippen LogP contribution is 2.37. The van der Waals surface area contributed by atoms with Crippen LogP contribution in [0, 0.1) is 6.92 Å². The number of likely N-dealkylation sites (tertiary alicyclic amines) is 1. The molecule has 0 aliphatic carbocycles. The van der Waals surface area contributed by atoms with Crippen LogP contribution in [0.3, 0.4) is 0 Å². The van der Waals surface area contributed by atoms with Gasteiger partial charge in [0.2, 0.25) is 0 Å². The molecular weight excluding hydrogens is 232 g/mol. The Morgan fingerprint density at radius 2 is 2.50 bits per heavy atom. The van der Waals surface area contributed by atoms with Crippen LogP contribution >= 0.6 is 0 Å². The first-order chi connectivity index (χ1) is 8.72. The molecule has 1 aromatic rings. The zero-order valence-corrected chi connectivity index (χ0v) is 11.0. The Labute approximate surface area is 107 Å². The summed E-state index contributed by atoms with van der Waals surface area (Å²) in [6, 6.07) is 1.99. The van der Waals surface area contributed by atoms with Crippen LogP contribution in [0.2, 0.25) is 0 Å². The summed E-state index contributed by atoms with van der Waals surface area (Å²) in [6.07, 6.45) is 2.41. The van der Waals surface area contributed by atoms with Crippen molar-refractivity contribution in [2.45, 2.75) is 38.0 Å². The van der Waals surface area contributed by atoms with Crippen LogP contribution in [0.1, 0.15) is 24.3 Å². The van der Waals surface area contributed by atoms with Crippen LogP contribution in [0.4, 0.5) is 0 Å². The van der Waals surface area contributed by atoms with Crippen molar-refractivity contribution >= 4 is 0 Å². The second kappa shape index (κ2) is 4.64. The van der Waals surface area contributed by atoms with Crippen molar-refractivity contribution in [3.8, 4) is 0 Å². The number of aromatic nitrogens is 1. The maximum atomic E-state index is 5.97. The quantitative estimate of drug-likeness (QED) is 0.813. The molecule has 0 radical (unpaired) electrons. The van der Waals surface area contributed by atoms with E-state index in [0.29, 0.717) is 0 Å². The van der Waals surface area contributed by atoms with Gasteiger partial charge in [-0.2, -0.15) is 0 Å². The van der Waals surface area contributed by atoms with Crippen LogP contribution in [0.5, 0.6) is 0 Å². The lowest BCUT2D eigenvalue weighted by Gasteiger charge is -2.28. The lowest BCUT2D eigenvalue weighted by molar-refractivity contribution is -0.0756. The van der Waals surface area contributed by atoms with E-state index >= 15 is 0 Å². The van der Waals surface area contributed by atoms with E-state index in [1.807, 2.05) is 13.0 Å². The van der Waals surface area contributed by atoms with Crippen molar-refractivity contribution in [1.29, 1.82) is 0 Å². The van der Waals surface area contributed by atoms with Gasteiger partial charge in [0.05, 0.1) is 11.8 Å². The molecule has 0 N–H and O–H groups in total. The van der Waals surface area contributed by atoms with Crippen molar-refractivity contribution in [3.63, 3.8) is 0 Å². The van der Waals surface area contributed by atoms with E-state index < -0.39 is 0 Å². The molecule has 0 bridgehead atoms. The van der Waals surface area contributed by atoms with E-state index in [4.69, 9.17) is 14.0 Å². The molecule has 2 aliphatic rings. The lowest BCUT2D eigenvalue weighted by atomic mass is 9.97. The number of aryl methyl sites for hydroxylation is 1. The van der Waals surface area contributed by atoms with Gasteiger partial charge in [-0.1, -0.05) is 5.16 Å². The summed E-state index contributed by atoms with van der Waals surface area (Å²) in [4.78, 5) is 2.34. The number of methoxy groups -OCH3 is 1. The molecule has 100 valence electrons. The normalized spacial score (nSPS) is 32.7. The van der Waals surface area contributed by atoms with Gasteiger partial charge in [-0.25, -0.2) is 0 Å². The molecule has 5 nitrogen and oxygen atoms in total. The molecule has 0 amide bonds. The first-order valence-corrected chi connectivity index (χ1v) is 6.53. The topological polar surface area (TPSA) is 47.7 Å². The molecule has 1 spiro atoms. The molecule has 3 heterocycles. The predicted molar refractivity (Wildman–Crippen MR) is 65.2 cm³/mol. The highest BCUT2D eigenvalue weighted by atomic mass is 16.6. The fraction of sp³-hybridized carbons (Fsp3) is 0.769. The summed E-state index contributed by atoms with van der Waals surface area (Å²) in [6.45, 7) is 5.42. The van der Waals surface area contributed by atoms with E-state index in [-0.39, 0.29) is 11.7 Å². The van der Waals surface area contributed by atoms with Gasteiger partial charge >= 0.3 is 0 Å². The summed E-state index contributed by atoms with van der Waals surface area (Å²) in [7, 11) is 1.78. The van der Waals surface area contributed by atoms with Crippen molar-refractivity contribution < 1.29 is 14.0 Å². The third kappa shape index (κ3) is 2.06. The zero-order chi connectivity index (χ0) is 12.6. The van der Waals surface area contributed by atoms with E-state index in [2.05, 4.69) is 10.1 Å². The van der Waals surface area contributed by atoms with Crippen molar-refractivity contribution in [3.05, 3.63) is 17.5 Å². The smallest absolute Gasteiger partial charge is 0.133 e. The SMILES string of the molecule is CO[C@H]1CN(Cc2cc(C)on2)C[C@@]12CCCO2. The van der Waals surface area contributed by atoms with Gasteiger partial charge in [-0.3, -0.25) is 4.90 Å². The van der Waals surface area contributed by atoms with Gasteiger partial charge in [0.15, 0.2) is 0 Å². The predicted octanol–water partition coefficient (Wildman–Crippen LogP) is 1.36. The second-order valence-electron chi connectivity index (χ2n) is 5.34. The molecule has 0 saturated carbocycles. The Hall–Kier alpha value is -0.910. The van der Waals surface area contributed by atoms with E-state index in [1.54, 1.807) is 7.11 Å². The highest BCUT2D eigenvalue weighted by molar-refractivity contribution is 5.07. The molecular formula is C13H20N2O3. The standard InChI is InChI=1S/C13H20N2O3/c1-10-6-11(14-18-10)7-15-8-12(16-2)13(9-15)4-3-5-17-13/h6,12H,3-5,7-9H2,1-2H3/t12-,13-/m0/s1. The fourth-order valence-corrected chi connectivity index (χ4v) is 3.17. The second-order valence-corrected chi connectivity index (χ2v) is 5.34. The average molecular weight is 252 g/mol. The molecule has 3 rings (SSSR count). The molecule has 2 fully saturated rings. The van der Waals surface area contributed by atoms with Gasteiger partial charge in [-0.05, 0) is 19.8 Å². The summed E-state index contributed by atoms with van der Waals surface area (Å²) in [5.41, 5.74) is 0.894. The maximum Gasteiger partial charge on any atom is 0.133 e. The third-order valence-electron chi connectivity index (χ3n) is 3.98. The maximum absolute atomic E-state index is 5.97. The van der Waals surface area contributed by atoms with Crippen molar-refractivity contribution in [2.75, 3.05) is 26.8 Å². The highest BCUT2D eigenvalue weighted by Gasteiger charge is 2.50. The molecule has 0 aromatic carbocycles. The fourth-order valence-electron chi connectivity index (χ4n) is 3.17. The van der Waals surface area contributed by atoms with Crippen molar-refractivity contribution in [1.82, 2.24) is 10.1 Å². The molecule has 5 heteroatoms. The van der Waals surface area contributed by atoms with Gasteiger partial charge in [0, 0.05) is 39.4 Å². The molecule has 2 aliphatic heterocycles. The van der Waals surface area contributed by atoms with Crippen LogP contribution < -0.4 is 0 Å². The third-order valence-corrected chi connectivity index (χ3v) is 3.98. The number of nitrogens with zero attached hydrogens (tertiary/aromatic N) is 2. The Morgan fingerprint density at radius 3 is 3.11 bits per heavy atom. The lowest BCUT2D eigenvalue weighted by Crippen LogP contribution is -2.41. The number of hydrogen-bond acceptors (Lipinski definition) is 5. The monoisotopic (exact) mass is 252 g/mol. The Kier molecular flexibility index (Phi) is 3.13. The van der Waals surface area contributed by atoms with Gasteiger partial charge < -0.3 is 14.0 Å². The minimum Gasteiger partial charge on any atom is -0.377 e.